The van der Waals surface area contributed by atoms with Gasteiger partial charge in [0.15, 0.2) is 11.6 Å². The average molecular weight is 237 g/mol. The van der Waals surface area contributed by atoms with Gasteiger partial charge in [0.25, 0.3) is 0 Å². The minimum absolute atomic E-state index is 0.257. The van der Waals surface area contributed by atoms with Gasteiger partial charge in [-0.2, -0.15) is 0 Å². The number of nitrogens with one attached hydrogen (secondary N) is 1. The van der Waals surface area contributed by atoms with Crippen molar-refractivity contribution in [3.8, 4) is 5.75 Å². The van der Waals surface area contributed by atoms with Crippen LogP contribution >= 0.6 is 0 Å². The number of ether oxygens (including phenoxy) is 1. The van der Waals surface area contributed by atoms with E-state index in [0.29, 0.717) is 17.7 Å². The van der Waals surface area contributed by atoms with Gasteiger partial charge in [-0.05, 0) is 56.3 Å². The maximum atomic E-state index is 13.5. The summed E-state index contributed by atoms with van der Waals surface area (Å²) < 4.78 is 18.5. The zero-order valence-corrected chi connectivity index (χ0v) is 10.5. The summed E-state index contributed by atoms with van der Waals surface area (Å²) in [6.45, 7) is 3.28. The molecule has 17 heavy (non-hydrogen) atoms. The Balaban J connectivity index is 2.00. The number of hydrogen-bond acceptors (Lipinski definition) is 2. The minimum Gasteiger partial charge on any atom is -0.494 e. The fourth-order valence-corrected chi connectivity index (χ4v) is 2.59. The summed E-state index contributed by atoms with van der Waals surface area (Å²) in [5, 5.41) is 3.43. The normalized spacial score (nSPS) is 24.6. The van der Waals surface area contributed by atoms with Crippen molar-refractivity contribution < 1.29 is 9.13 Å². The van der Waals surface area contributed by atoms with Crippen LogP contribution in [0.4, 0.5) is 4.39 Å². The molecule has 0 radical (unpaired) electrons. The zero-order valence-electron chi connectivity index (χ0n) is 10.5. The molecule has 94 valence electrons. The second-order valence-electron chi connectivity index (χ2n) is 4.92. The third-order valence-corrected chi connectivity index (χ3v) is 3.47. The van der Waals surface area contributed by atoms with Crippen molar-refractivity contribution in [2.75, 3.05) is 13.7 Å². The second-order valence-corrected chi connectivity index (χ2v) is 4.92. The van der Waals surface area contributed by atoms with Crippen LogP contribution in [0.2, 0.25) is 0 Å². The largest absolute Gasteiger partial charge is 0.494 e. The van der Waals surface area contributed by atoms with Crippen molar-refractivity contribution in [1.82, 2.24) is 5.32 Å². The van der Waals surface area contributed by atoms with Crippen LogP contribution in [0.25, 0.3) is 0 Å². The summed E-state index contributed by atoms with van der Waals surface area (Å²) in [7, 11) is 1.49. The van der Waals surface area contributed by atoms with Crippen molar-refractivity contribution in [3.05, 3.63) is 29.6 Å². The van der Waals surface area contributed by atoms with E-state index in [0.717, 1.165) is 18.5 Å². The van der Waals surface area contributed by atoms with Gasteiger partial charge in [0.05, 0.1) is 7.11 Å². The monoisotopic (exact) mass is 237 g/mol. The van der Waals surface area contributed by atoms with E-state index < -0.39 is 0 Å². The number of benzene rings is 1. The number of methoxy groups -OCH3 is 1. The molecule has 1 fully saturated rings. The van der Waals surface area contributed by atoms with Gasteiger partial charge in [0, 0.05) is 6.04 Å². The molecule has 0 spiro atoms. The molecular formula is C14H20FNO. The molecule has 3 heteroatoms. The van der Waals surface area contributed by atoms with Crippen LogP contribution < -0.4 is 10.1 Å². The van der Waals surface area contributed by atoms with Crippen LogP contribution in [0.15, 0.2) is 18.2 Å². The summed E-state index contributed by atoms with van der Waals surface area (Å²) in [6.07, 6.45) is 3.32. The molecule has 1 saturated heterocycles. The third-order valence-electron chi connectivity index (χ3n) is 3.47. The van der Waals surface area contributed by atoms with E-state index in [1.807, 2.05) is 6.07 Å². The second kappa shape index (κ2) is 5.50. The van der Waals surface area contributed by atoms with Crippen LogP contribution in [0, 0.1) is 11.7 Å². The Morgan fingerprint density at radius 3 is 2.94 bits per heavy atom. The quantitative estimate of drug-likeness (QED) is 0.872. The lowest BCUT2D eigenvalue weighted by atomic mass is 9.88. The Morgan fingerprint density at radius 1 is 1.47 bits per heavy atom. The van der Waals surface area contributed by atoms with Gasteiger partial charge < -0.3 is 10.1 Å². The van der Waals surface area contributed by atoms with Crippen molar-refractivity contribution in [3.63, 3.8) is 0 Å². The predicted molar refractivity (Wildman–Crippen MR) is 66.8 cm³/mol. The van der Waals surface area contributed by atoms with Crippen molar-refractivity contribution in [1.29, 1.82) is 0 Å². The van der Waals surface area contributed by atoms with Gasteiger partial charge >= 0.3 is 0 Å². The first kappa shape index (κ1) is 12.4. The van der Waals surface area contributed by atoms with Crippen molar-refractivity contribution in [2.45, 2.75) is 32.2 Å². The highest BCUT2D eigenvalue weighted by atomic mass is 19.1. The van der Waals surface area contributed by atoms with Gasteiger partial charge in [0.1, 0.15) is 0 Å². The Kier molecular flexibility index (Phi) is 4.00. The maximum Gasteiger partial charge on any atom is 0.165 e. The van der Waals surface area contributed by atoms with Gasteiger partial charge in [-0.1, -0.05) is 6.07 Å². The summed E-state index contributed by atoms with van der Waals surface area (Å²) >= 11 is 0. The van der Waals surface area contributed by atoms with E-state index in [9.17, 15) is 4.39 Å². The first-order chi connectivity index (χ1) is 8.19. The van der Waals surface area contributed by atoms with Gasteiger partial charge in [-0.15, -0.1) is 0 Å². The topological polar surface area (TPSA) is 21.3 Å². The molecule has 1 aromatic rings. The van der Waals surface area contributed by atoms with Crippen LogP contribution in [0.5, 0.6) is 5.75 Å². The molecule has 1 aromatic carbocycles. The van der Waals surface area contributed by atoms with E-state index in [1.165, 1.54) is 20.0 Å². The highest BCUT2D eigenvalue weighted by molar-refractivity contribution is 5.29. The molecule has 1 aliphatic heterocycles. The number of rotatable bonds is 3. The van der Waals surface area contributed by atoms with Crippen molar-refractivity contribution >= 4 is 0 Å². The summed E-state index contributed by atoms with van der Waals surface area (Å²) in [5.41, 5.74) is 1.07. The van der Waals surface area contributed by atoms with Gasteiger partial charge in [0.2, 0.25) is 0 Å². The summed E-state index contributed by atoms with van der Waals surface area (Å²) in [5.74, 6) is 0.735. The van der Waals surface area contributed by atoms with Crippen LogP contribution in [-0.2, 0) is 6.42 Å². The van der Waals surface area contributed by atoms with E-state index in [-0.39, 0.29) is 5.82 Å². The lowest BCUT2D eigenvalue weighted by Gasteiger charge is -2.28. The minimum atomic E-state index is -0.257. The average Bonchev–Trinajstić information content (AvgIpc) is 2.29. The first-order valence-electron chi connectivity index (χ1n) is 6.25. The number of piperidine rings is 1. The smallest absolute Gasteiger partial charge is 0.165 e. The molecule has 0 aromatic heterocycles. The molecular weight excluding hydrogens is 217 g/mol. The summed E-state index contributed by atoms with van der Waals surface area (Å²) in [4.78, 5) is 0. The van der Waals surface area contributed by atoms with E-state index in [2.05, 4.69) is 12.2 Å². The van der Waals surface area contributed by atoms with Crippen molar-refractivity contribution in [2.24, 2.45) is 5.92 Å². The lowest BCUT2D eigenvalue weighted by molar-refractivity contribution is 0.313. The van der Waals surface area contributed by atoms with Gasteiger partial charge in [-0.25, -0.2) is 4.39 Å². The first-order valence-corrected chi connectivity index (χ1v) is 6.25. The molecule has 0 bridgehead atoms. The summed E-state index contributed by atoms with van der Waals surface area (Å²) in [6, 6.07) is 5.87. The van der Waals surface area contributed by atoms with E-state index >= 15 is 0 Å². The molecule has 2 unspecified atom stereocenters. The van der Waals surface area contributed by atoms with E-state index in [4.69, 9.17) is 4.74 Å². The fraction of sp³-hybridized carbons (Fsp3) is 0.571. The number of halogens is 1. The lowest BCUT2D eigenvalue weighted by Crippen LogP contribution is -2.36. The number of hydrogen-bond donors (Lipinski definition) is 1. The molecule has 0 saturated carbocycles. The Hall–Kier alpha value is -1.09. The maximum absolute atomic E-state index is 13.5. The van der Waals surface area contributed by atoms with E-state index in [1.54, 1.807) is 12.1 Å². The van der Waals surface area contributed by atoms with Crippen LogP contribution in [0.3, 0.4) is 0 Å². The van der Waals surface area contributed by atoms with Crippen LogP contribution in [-0.4, -0.2) is 19.7 Å². The Morgan fingerprint density at radius 2 is 2.29 bits per heavy atom. The molecule has 0 aliphatic carbocycles. The molecule has 1 aliphatic rings. The van der Waals surface area contributed by atoms with Crippen LogP contribution in [0.1, 0.15) is 25.3 Å². The molecule has 0 amide bonds. The molecule has 1 N–H and O–H groups in total. The highest BCUT2D eigenvalue weighted by Crippen LogP contribution is 2.24. The van der Waals surface area contributed by atoms with Gasteiger partial charge in [-0.3, -0.25) is 0 Å². The Labute approximate surface area is 102 Å². The standard InChI is InChI=1S/C14H20FNO/c1-10-7-12(5-6-16-10)8-11-3-4-14(17-2)13(15)9-11/h3-4,9-10,12,16H,5-8H2,1-2H3. The molecule has 2 atom stereocenters. The molecule has 2 nitrogen and oxygen atoms in total. The fourth-order valence-electron chi connectivity index (χ4n) is 2.59. The Bertz CT molecular complexity index is 380. The highest BCUT2D eigenvalue weighted by Gasteiger charge is 2.18. The molecule has 2 rings (SSSR count). The third kappa shape index (κ3) is 3.19. The SMILES string of the molecule is COc1ccc(CC2CCNC(C)C2)cc1F. The molecule has 1 heterocycles. The predicted octanol–water partition coefficient (Wildman–Crippen LogP) is 2.76. The zero-order chi connectivity index (χ0) is 12.3.